The van der Waals surface area contributed by atoms with Crippen LogP contribution < -0.4 is 0 Å². The van der Waals surface area contributed by atoms with Crippen LogP contribution in [0.5, 0.6) is 0 Å². The van der Waals surface area contributed by atoms with Crippen LogP contribution in [-0.2, 0) is 4.79 Å². The fraction of sp³-hybridized carbons (Fsp3) is 0.923. The van der Waals surface area contributed by atoms with E-state index in [1.54, 1.807) is 0 Å². The van der Waals surface area contributed by atoms with Crippen molar-refractivity contribution < 1.29 is 4.79 Å². The normalized spacial score (nSPS) is 62.5. The number of Topliss-reactive ketones (excluding diaryl/α,β-unsaturated/α-hetero) is 1. The second-order valence-electron chi connectivity index (χ2n) is 6.59. The highest BCUT2D eigenvalue weighted by atomic mass is 16.1. The molecule has 0 radical (unpaired) electrons. The average Bonchev–Trinajstić information content (AvgIpc) is 2.42. The van der Waals surface area contributed by atoms with E-state index >= 15 is 0 Å². The summed E-state index contributed by atoms with van der Waals surface area (Å²) in [6.07, 6.45) is 8.20. The molecule has 0 saturated heterocycles. The predicted octanol–water partition coefficient (Wildman–Crippen LogP) is 2.79. The molecule has 5 unspecified atom stereocenters. The SMILES string of the molecule is CC(=O)C12CC3CC4CC(C1)C4(C3)C2. The van der Waals surface area contributed by atoms with Gasteiger partial charge in [-0.2, -0.15) is 0 Å². The second-order valence-corrected chi connectivity index (χ2v) is 6.59. The molecule has 1 spiro atoms. The Labute approximate surface area is 85.3 Å². The van der Waals surface area contributed by atoms with Crippen LogP contribution in [0.2, 0.25) is 0 Å². The number of ketones is 1. The molecule has 0 aromatic rings. The Morgan fingerprint density at radius 1 is 1.14 bits per heavy atom. The van der Waals surface area contributed by atoms with Crippen molar-refractivity contribution in [3.05, 3.63) is 0 Å². The van der Waals surface area contributed by atoms with E-state index < -0.39 is 0 Å². The molecule has 0 aliphatic heterocycles. The van der Waals surface area contributed by atoms with Crippen LogP contribution >= 0.6 is 0 Å². The zero-order valence-electron chi connectivity index (χ0n) is 8.88. The van der Waals surface area contributed by atoms with Crippen molar-refractivity contribution in [2.45, 2.75) is 45.4 Å². The average molecular weight is 190 g/mol. The minimum Gasteiger partial charge on any atom is -0.299 e. The van der Waals surface area contributed by atoms with Crippen molar-refractivity contribution in [2.75, 3.05) is 0 Å². The lowest BCUT2D eigenvalue weighted by Crippen LogP contribution is -2.42. The molecule has 0 N–H and O–H groups in total. The van der Waals surface area contributed by atoms with Crippen LogP contribution in [0.3, 0.4) is 0 Å². The van der Waals surface area contributed by atoms with Gasteiger partial charge in [0.1, 0.15) is 5.78 Å². The Kier molecular flexibility index (Phi) is 1.11. The van der Waals surface area contributed by atoms with Gasteiger partial charge < -0.3 is 0 Å². The van der Waals surface area contributed by atoms with Gasteiger partial charge in [-0.15, -0.1) is 0 Å². The first-order valence-electron chi connectivity index (χ1n) is 6.16. The van der Waals surface area contributed by atoms with Gasteiger partial charge >= 0.3 is 0 Å². The van der Waals surface area contributed by atoms with Gasteiger partial charge in [0.05, 0.1) is 0 Å². The molecule has 1 nitrogen and oxygen atoms in total. The van der Waals surface area contributed by atoms with Crippen LogP contribution in [0.15, 0.2) is 0 Å². The number of rotatable bonds is 1. The first-order chi connectivity index (χ1) is 6.65. The highest BCUT2D eigenvalue weighted by Gasteiger charge is 2.71. The molecule has 0 heterocycles. The van der Waals surface area contributed by atoms with Crippen molar-refractivity contribution in [1.29, 1.82) is 0 Å². The lowest BCUT2D eigenvalue weighted by Gasteiger charge is -2.49. The third-order valence-electron chi connectivity index (χ3n) is 6.21. The van der Waals surface area contributed by atoms with Gasteiger partial charge in [0.2, 0.25) is 0 Å². The fourth-order valence-electron chi connectivity index (χ4n) is 5.77. The molecular weight excluding hydrogens is 172 g/mol. The summed E-state index contributed by atoms with van der Waals surface area (Å²) in [7, 11) is 0. The maximum absolute atomic E-state index is 11.9. The summed E-state index contributed by atoms with van der Waals surface area (Å²) in [5.74, 6) is 3.41. The zero-order chi connectivity index (χ0) is 9.55. The van der Waals surface area contributed by atoms with Gasteiger partial charge in [0, 0.05) is 5.41 Å². The lowest BCUT2D eigenvalue weighted by molar-refractivity contribution is -0.128. The molecule has 1 heteroatoms. The highest BCUT2D eigenvalue weighted by molar-refractivity contribution is 5.83. The molecule has 4 aliphatic rings. The number of carbonyl (C=O) groups is 1. The monoisotopic (exact) mass is 190 g/mol. The van der Waals surface area contributed by atoms with E-state index in [4.69, 9.17) is 0 Å². The molecule has 3 bridgehead atoms. The maximum Gasteiger partial charge on any atom is 0.136 e. The summed E-state index contributed by atoms with van der Waals surface area (Å²) in [6, 6.07) is 0. The molecule has 4 aliphatic carbocycles. The summed E-state index contributed by atoms with van der Waals surface area (Å²) < 4.78 is 0. The Balaban J connectivity index is 1.85. The van der Waals surface area contributed by atoms with Gasteiger partial charge in [-0.3, -0.25) is 4.79 Å². The third-order valence-corrected chi connectivity index (χ3v) is 6.21. The number of hydrogen-bond donors (Lipinski definition) is 0. The Morgan fingerprint density at radius 3 is 2.79 bits per heavy atom. The second kappa shape index (κ2) is 1.96. The molecule has 5 atom stereocenters. The number of fused-ring (bicyclic) bond motifs is 2. The van der Waals surface area contributed by atoms with E-state index in [0.29, 0.717) is 11.2 Å². The summed E-state index contributed by atoms with van der Waals surface area (Å²) in [5.41, 5.74) is 0.855. The molecule has 14 heavy (non-hydrogen) atoms. The predicted molar refractivity (Wildman–Crippen MR) is 53.7 cm³/mol. The number of hydrogen-bond acceptors (Lipinski definition) is 1. The molecule has 4 fully saturated rings. The minimum atomic E-state index is 0.166. The van der Waals surface area contributed by atoms with Crippen LogP contribution in [0.25, 0.3) is 0 Å². The number of carbonyl (C=O) groups excluding carboxylic acids is 1. The van der Waals surface area contributed by atoms with Crippen molar-refractivity contribution in [2.24, 2.45) is 28.6 Å². The van der Waals surface area contributed by atoms with E-state index in [1.165, 1.54) is 38.5 Å². The van der Waals surface area contributed by atoms with Crippen molar-refractivity contribution in [3.63, 3.8) is 0 Å². The van der Waals surface area contributed by atoms with Crippen molar-refractivity contribution >= 4 is 5.78 Å². The standard InChI is InChI=1S/C13H18O/c1-8(14)12-4-9-2-10-3-11(6-12)13(10,5-9)7-12/h9-11H,2-7H2,1H3. The van der Waals surface area contributed by atoms with Crippen LogP contribution in [0, 0.1) is 28.6 Å². The fourth-order valence-corrected chi connectivity index (χ4v) is 5.77. The topological polar surface area (TPSA) is 17.1 Å². The minimum absolute atomic E-state index is 0.166. The van der Waals surface area contributed by atoms with Gasteiger partial charge in [-0.1, -0.05) is 0 Å². The Bertz CT molecular complexity index is 330. The Hall–Kier alpha value is -0.330. The quantitative estimate of drug-likeness (QED) is 0.621. The van der Waals surface area contributed by atoms with Gasteiger partial charge in [-0.05, 0) is 68.6 Å². The van der Waals surface area contributed by atoms with E-state index in [2.05, 4.69) is 0 Å². The molecule has 4 rings (SSSR count). The zero-order valence-corrected chi connectivity index (χ0v) is 8.88. The van der Waals surface area contributed by atoms with Gasteiger partial charge in [0.15, 0.2) is 0 Å². The van der Waals surface area contributed by atoms with E-state index in [-0.39, 0.29) is 5.41 Å². The summed E-state index contributed by atoms with van der Waals surface area (Å²) in [4.78, 5) is 11.9. The third kappa shape index (κ3) is 0.610. The first-order valence-corrected chi connectivity index (χ1v) is 6.16. The summed E-state index contributed by atoms with van der Waals surface area (Å²) >= 11 is 0. The summed E-state index contributed by atoms with van der Waals surface area (Å²) in [5, 5.41) is 0. The molecule has 0 aromatic heterocycles. The lowest BCUT2D eigenvalue weighted by atomic mass is 9.55. The van der Waals surface area contributed by atoms with Crippen LogP contribution in [0.1, 0.15) is 45.4 Å². The molecule has 0 amide bonds. The molecule has 76 valence electrons. The molecular formula is C13H18O. The van der Waals surface area contributed by atoms with Gasteiger partial charge in [-0.25, -0.2) is 0 Å². The van der Waals surface area contributed by atoms with Gasteiger partial charge in [0.25, 0.3) is 0 Å². The summed E-state index contributed by atoms with van der Waals surface area (Å²) in [6.45, 7) is 1.85. The largest absolute Gasteiger partial charge is 0.299 e. The van der Waals surface area contributed by atoms with Crippen LogP contribution in [0.4, 0.5) is 0 Å². The highest BCUT2D eigenvalue weighted by Crippen LogP contribution is 2.78. The molecule has 0 aromatic carbocycles. The van der Waals surface area contributed by atoms with Crippen LogP contribution in [-0.4, -0.2) is 5.78 Å². The molecule has 4 saturated carbocycles. The van der Waals surface area contributed by atoms with Crippen molar-refractivity contribution in [3.8, 4) is 0 Å². The van der Waals surface area contributed by atoms with E-state index in [1.807, 2.05) is 6.92 Å². The van der Waals surface area contributed by atoms with Crippen molar-refractivity contribution in [1.82, 2.24) is 0 Å². The first kappa shape index (κ1) is 7.90. The van der Waals surface area contributed by atoms with E-state index in [0.717, 1.165) is 17.8 Å². The smallest absolute Gasteiger partial charge is 0.136 e. The van der Waals surface area contributed by atoms with E-state index in [9.17, 15) is 4.79 Å². The Morgan fingerprint density at radius 2 is 2.00 bits per heavy atom. The maximum atomic E-state index is 11.9.